The molecule has 6 heteroatoms. The van der Waals surface area contributed by atoms with Crippen LogP contribution in [-0.2, 0) is 6.54 Å². The summed E-state index contributed by atoms with van der Waals surface area (Å²) in [4.78, 5) is 18.4. The van der Waals surface area contributed by atoms with E-state index in [0.717, 1.165) is 28.1 Å². The molecule has 0 unspecified atom stereocenters. The van der Waals surface area contributed by atoms with E-state index >= 15 is 0 Å². The molecule has 2 aromatic heterocycles. The van der Waals surface area contributed by atoms with Gasteiger partial charge in [-0.05, 0) is 37.3 Å². The molecule has 0 fully saturated rings. The number of fused-ring (bicyclic) bond motifs is 3. The largest absolute Gasteiger partial charge is 0.358 e. The Labute approximate surface area is 171 Å². The zero-order valence-electron chi connectivity index (χ0n) is 15.6. The highest BCUT2D eigenvalue weighted by Gasteiger charge is 2.27. The summed E-state index contributed by atoms with van der Waals surface area (Å²) in [6, 6.07) is 18.8. The molecule has 0 bridgehead atoms. The lowest BCUT2D eigenvalue weighted by Crippen LogP contribution is -2.26. The summed E-state index contributed by atoms with van der Waals surface area (Å²) in [6.45, 7) is 2.19. The van der Waals surface area contributed by atoms with Crippen molar-refractivity contribution in [2.24, 2.45) is 4.99 Å². The second-order valence-electron chi connectivity index (χ2n) is 6.85. The number of hydrogen-bond acceptors (Lipinski definition) is 4. The van der Waals surface area contributed by atoms with Gasteiger partial charge in [0, 0.05) is 28.0 Å². The van der Waals surface area contributed by atoms with Gasteiger partial charge in [0.15, 0.2) is 5.76 Å². The maximum atomic E-state index is 13.7. The number of rotatable bonds is 2. The Hall–Kier alpha value is -3.44. The van der Waals surface area contributed by atoms with Gasteiger partial charge in [0.2, 0.25) is 0 Å². The third-order valence-corrected chi connectivity index (χ3v) is 5.32. The van der Waals surface area contributed by atoms with Crippen LogP contribution in [0.25, 0.3) is 16.8 Å². The van der Waals surface area contributed by atoms with Crippen LogP contribution in [0.3, 0.4) is 0 Å². The number of halogens is 1. The Morgan fingerprint density at radius 1 is 1.00 bits per heavy atom. The Morgan fingerprint density at radius 3 is 2.52 bits per heavy atom. The van der Waals surface area contributed by atoms with Gasteiger partial charge in [-0.2, -0.15) is 0 Å². The molecule has 5 nitrogen and oxygen atoms in total. The van der Waals surface area contributed by atoms with Crippen molar-refractivity contribution in [2.75, 3.05) is 0 Å². The van der Waals surface area contributed by atoms with Crippen LogP contribution in [0.15, 0.2) is 81.2 Å². The Bertz CT molecular complexity index is 1300. The molecule has 0 radical (unpaired) electrons. The standard InChI is InChI=1S/C23H16ClN3O2/c1-14-20-18-11-12-27(17-5-3-2-4-6-17)23(28)21(18)22(25-13-19(20)29-26-14)15-7-9-16(24)10-8-15/h2-12H,13H2,1H3. The molecule has 2 aromatic carbocycles. The van der Waals surface area contributed by atoms with E-state index in [0.29, 0.717) is 28.6 Å². The van der Waals surface area contributed by atoms with Crippen molar-refractivity contribution >= 4 is 17.3 Å². The molecule has 0 saturated heterocycles. The van der Waals surface area contributed by atoms with Gasteiger partial charge in [-0.25, -0.2) is 0 Å². The normalized spacial score (nSPS) is 12.7. The molecule has 0 saturated carbocycles. The summed E-state index contributed by atoms with van der Waals surface area (Å²) < 4.78 is 7.13. The zero-order chi connectivity index (χ0) is 20.0. The van der Waals surface area contributed by atoms with Crippen LogP contribution in [0, 0.1) is 6.92 Å². The van der Waals surface area contributed by atoms with Crippen molar-refractivity contribution in [2.45, 2.75) is 13.5 Å². The second-order valence-corrected chi connectivity index (χ2v) is 7.29. The van der Waals surface area contributed by atoms with E-state index in [1.54, 1.807) is 22.9 Å². The average molecular weight is 402 g/mol. The van der Waals surface area contributed by atoms with Gasteiger partial charge in [0.1, 0.15) is 6.54 Å². The molecule has 142 valence electrons. The lowest BCUT2D eigenvalue weighted by Gasteiger charge is -2.14. The average Bonchev–Trinajstić information content (AvgIpc) is 3.01. The summed E-state index contributed by atoms with van der Waals surface area (Å²) in [6.07, 6.45) is 1.79. The van der Waals surface area contributed by atoms with Crippen molar-refractivity contribution in [3.63, 3.8) is 0 Å². The van der Waals surface area contributed by atoms with E-state index in [1.807, 2.05) is 55.5 Å². The number of para-hydroxylation sites is 1. The van der Waals surface area contributed by atoms with Crippen molar-refractivity contribution in [3.05, 3.63) is 105 Å². The van der Waals surface area contributed by atoms with Crippen molar-refractivity contribution in [1.29, 1.82) is 0 Å². The highest BCUT2D eigenvalue weighted by Crippen LogP contribution is 2.33. The van der Waals surface area contributed by atoms with Crippen LogP contribution in [0.2, 0.25) is 5.02 Å². The van der Waals surface area contributed by atoms with Crippen LogP contribution in [0.1, 0.15) is 22.6 Å². The maximum absolute atomic E-state index is 13.7. The van der Waals surface area contributed by atoms with Gasteiger partial charge in [-0.1, -0.05) is 47.1 Å². The highest BCUT2D eigenvalue weighted by atomic mass is 35.5. The first-order valence-corrected chi connectivity index (χ1v) is 9.58. The maximum Gasteiger partial charge on any atom is 0.265 e. The van der Waals surface area contributed by atoms with E-state index in [4.69, 9.17) is 21.1 Å². The fraction of sp³-hybridized carbons (Fsp3) is 0.0870. The summed E-state index contributed by atoms with van der Waals surface area (Å²) in [5.74, 6) is 0.657. The molecule has 4 aromatic rings. The quantitative estimate of drug-likeness (QED) is 0.484. The van der Waals surface area contributed by atoms with Crippen LogP contribution < -0.4 is 5.56 Å². The number of pyridine rings is 1. The number of nitrogens with zero attached hydrogens (tertiary/aromatic N) is 3. The minimum Gasteiger partial charge on any atom is -0.358 e. The Kier molecular flexibility index (Phi) is 4.18. The first-order chi connectivity index (χ1) is 14.1. The second kappa shape index (κ2) is 6.87. The molecule has 0 spiro atoms. The molecule has 5 rings (SSSR count). The molecule has 29 heavy (non-hydrogen) atoms. The van der Waals surface area contributed by atoms with Gasteiger partial charge < -0.3 is 4.52 Å². The third-order valence-electron chi connectivity index (χ3n) is 5.06. The minimum atomic E-state index is -0.143. The zero-order valence-corrected chi connectivity index (χ0v) is 16.3. The lowest BCUT2D eigenvalue weighted by molar-refractivity contribution is 0.382. The Balaban J connectivity index is 1.83. The number of benzene rings is 2. The van der Waals surface area contributed by atoms with Gasteiger partial charge >= 0.3 is 0 Å². The van der Waals surface area contributed by atoms with Crippen LogP contribution >= 0.6 is 11.6 Å². The highest BCUT2D eigenvalue weighted by molar-refractivity contribution is 6.30. The van der Waals surface area contributed by atoms with Crippen molar-refractivity contribution < 1.29 is 4.52 Å². The van der Waals surface area contributed by atoms with Crippen molar-refractivity contribution in [1.82, 2.24) is 9.72 Å². The third kappa shape index (κ3) is 2.91. The molecule has 1 aliphatic heterocycles. The molecular weight excluding hydrogens is 386 g/mol. The van der Waals surface area contributed by atoms with Gasteiger partial charge in [0.05, 0.1) is 22.5 Å². The van der Waals surface area contributed by atoms with Crippen LogP contribution in [0.4, 0.5) is 0 Å². The van der Waals surface area contributed by atoms with Gasteiger partial charge in [-0.3, -0.25) is 14.4 Å². The topological polar surface area (TPSA) is 60.4 Å². The number of aliphatic imine (C=N–C) groups is 1. The van der Waals surface area contributed by atoms with Crippen LogP contribution in [0.5, 0.6) is 0 Å². The summed E-state index contributed by atoms with van der Waals surface area (Å²) in [7, 11) is 0. The van der Waals surface area contributed by atoms with Crippen molar-refractivity contribution in [3.8, 4) is 16.8 Å². The van der Waals surface area contributed by atoms with E-state index in [1.165, 1.54) is 0 Å². The fourth-order valence-corrected chi connectivity index (χ4v) is 3.83. The van der Waals surface area contributed by atoms with E-state index < -0.39 is 0 Å². The molecule has 3 heterocycles. The van der Waals surface area contributed by atoms with Crippen LogP contribution in [-0.4, -0.2) is 15.4 Å². The molecule has 0 atom stereocenters. The van der Waals surface area contributed by atoms with E-state index in [-0.39, 0.29) is 5.56 Å². The summed E-state index contributed by atoms with van der Waals surface area (Å²) in [5.41, 5.74) is 4.99. The monoisotopic (exact) mass is 401 g/mol. The first kappa shape index (κ1) is 17.6. The molecule has 1 aliphatic rings. The number of aryl methyl sites for hydroxylation is 1. The summed E-state index contributed by atoms with van der Waals surface area (Å²) >= 11 is 6.07. The van der Waals surface area contributed by atoms with Gasteiger partial charge in [0.25, 0.3) is 5.56 Å². The summed E-state index contributed by atoms with van der Waals surface area (Å²) in [5, 5.41) is 4.72. The predicted molar refractivity (Wildman–Crippen MR) is 113 cm³/mol. The molecular formula is C23H16ClN3O2. The lowest BCUT2D eigenvalue weighted by atomic mass is 9.94. The minimum absolute atomic E-state index is 0.143. The smallest absolute Gasteiger partial charge is 0.265 e. The fourth-order valence-electron chi connectivity index (χ4n) is 3.71. The van der Waals surface area contributed by atoms with E-state index in [9.17, 15) is 4.79 Å². The Morgan fingerprint density at radius 2 is 1.76 bits per heavy atom. The number of hydrogen-bond donors (Lipinski definition) is 0. The first-order valence-electron chi connectivity index (χ1n) is 9.21. The van der Waals surface area contributed by atoms with E-state index in [2.05, 4.69) is 5.16 Å². The van der Waals surface area contributed by atoms with Gasteiger partial charge in [-0.15, -0.1) is 0 Å². The SMILES string of the molecule is Cc1noc2c1-c1ccn(-c3ccccc3)c(=O)c1C(c1ccc(Cl)cc1)=NC2. The number of aromatic nitrogens is 2. The molecule has 0 N–H and O–H groups in total. The predicted octanol–water partition coefficient (Wildman–Crippen LogP) is 4.81. The molecule has 0 amide bonds. The molecule has 0 aliphatic carbocycles.